The lowest BCUT2D eigenvalue weighted by atomic mass is 10.2. The zero-order valence-electron chi connectivity index (χ0n) is 15.5. The predicted octanol–water partition coefficient (Wildman–Crippen LogP) is 3.28. The largest absolute Gasteiger partial charge is 0.497 e. The number of fused-ring (bicyclic) bond motifs is 1. The summed E-state index contributed by atoms with van der Waals surface area (Å²) >= 11 is 1.74. The highest BCUT2D eigenvalue weighted by molar-refractivity contribution is 7.99. The van der Waals surface area contributed by atoms with Crippen molar-refractivity contribution in [1.82, 2.24) is 9.97 Å². The molecule has 2 fully saturated rings. The van der Waals surface area contributed by atoms with Crippen LogP contribution in [0.2, 0.25) is 0 Å². The number of H-pyrrole nitrogens is 1. The van der Waals surface area contributed by atoms with Crippen LogP contribution in [0.1, 0.15) is 31.5 Å². The number of hydrogen-bond donors (Lipinski definition) is 1. The molecule has 148 valence electrons. The Morgan fingerprint density at radius 3 is 2.56 bits per heavy atom. The predicted molar refractivity (Wildman–Crippen MR) is 104 cm³/mol. The van der Waals surface area contributed by atoms with Crippen molar-refractivity contribution in [2.75, 3.05) is 33.5 Å². The first-order chi connectivity index (χ1) is 13.2. The van der Waals surface area contributed by atoms with E-state index in [0.29, 0.717) is 28.1 Å². The van der Waals surface area contributed by atoms with Crippen molar-refractivity contribution in [2.45, 2.75) is 36.7 Å². The first kappa shape index (κ1) is 20.1. The van der Waals surface area contributed by atoms with Crippen LogP contribution in [0.5, 0.6) is 5.75 Å². The lowest BCUT2D eigenvalue weighted by Gasteiger charge is -2.21. The van der Waals surface area contributed by atoms with Gasteiger partial charge in [-0.25, -0.2) is 9.37 Å². The van der Waals surface area contributed by atoms with Crippen LogP contribution in [0, 0.1) is 5.82 Å². The summed E-state index contributed by atoms with van der Waals surface area (Å²) in [6.45, 7) is 3.56. The average molecular weight is 396 g/mol. The summed E-state index contributed by atoms with van der Waals surface area (Å²) in [6, 6.07) is 2.77. The van der Waals surface area contributed by atoms with Crippen LogP contribution in [0.3, 0.4) is 0 Å². The highest BCUT2D eigenvalue weighted by atomic mass is 32.2. The molecule has 27 heavy (non-hydrogen) atoms. The fourth-order valence-electron chi connectivity index (χ4n) is 2.98. The molecule has 1 aromatic carbocycles. The van der Waals surface area contributed by atoms with Gasteiger partial charge < -0.3 is 19.2 Å². The molecule has 2 aliphatic heterocycles. The van der Waals surface area contributed by atoms with Crippen molar-refractivity contribution >= 4 is 22.7 Å². The number of rotatable bonds is 4. The van der Waals surface area contributed by atoms with E-state index in [-0.39, 0.29) is 5.39 Å². The highest BCUT2D eigenvalue weighted by Gasteiger charge is 2.16. The van der Waals surface area contributed by atoms with Crippen molar-refractivity contribution in [3.63, 3.8) is 0 Å². The molecule has 0 bridgehead atoms. The van der Waals surface area contributed by atoms with Gasteiger partial charge in [0.15, 0.2) is 0 Å². The minimum absolute atomic E-state index is 0.0272. The van der Waals surface area contributed by atoms with Gasteiger partial charge in [-0.3, -0.25) is 4.79 Å². The molecule has 2 aliphatic rings. The molecule has 0 radical (unpaired) electrons. The second-order valence-electron chi connectivity index (χ2n) is 6.46. The number of ether oxygens (including phenoxy) is 3. The molecule has 6 nitrogen and oxygen atoms in total. The molecule has 8 heteroatoms. The minimum atomic E-state index is -0.619. The van der Waals surface area contributed by atoms with Gasteiger partial charge >= 0.3 is 0 Å². The van der Waals surface area contributed by atoms with E-state index >= 15 is 0 Å². The molecule has 0 saturated carbocycles. The molecular weight excluding hydrogens is 371 g/mol. The summed E-state index contributed by atoms with van der Waals surface area (Å²) < 4.78 is 29.2. The minimum Gasteiger partial charge on any atom is -0.497 e. The summed E-state index contributed by atoms with van der Waals surface area (Å²) in [4.78, 5) is 19.1. The molecule has 1 N–H and O–H groups in total. The Labute approximate surface area is 161 Å². The normalized spacial score (nSPS) is 17.6. The number of hydrogen-bond acceptors (Lipinski definition) is 6. The fraction of sp³-hybridized carbons (Fsp3) is 0.579. The van der Waals surface area contributed by atoms with E-state index in [1.54, 1.807) is 17.8 Å². The van der Waals surface area contributed by atoms with E-state index < -0.39 is 11.4 Å². The molecule has 0 unspecified atom stereocenters. The highest BCUT2D eigenvalue weighted by Crippen LogP contribution is 2.25. The number of aromatic nitrogens is 2. The second kappa shape index (κ2) is 10.1. The molecule has 0 aliphatic carbocycles. The van der Waals surface area contributed by atoms with Gasteiger partial charge in [0, 0.05) is 43.8 Å². The van der Waals surface area contributed by atoms with Crippen LogP contribution in [-0.2, 0) is 15.2 Å². The van der Waals surface area contributed by atoms with Gasteiger partial charge in [0.05, 0.1) is 18.4 Å². The number of thioether (sulfide) groups is 1. The molecule has 4 rings (SSSR count). The van der Waals surface area contributed by atoms with Crippen LogP contribution in [-0.4, -0.2) is 48.8 Å². The van der Waals surface area contributed by atoms with Crippen LogP contribution in [0.25, 0.3) is 10.9 Å². The third-order valence-corrected chi connectivity index (χ3v) is 5.85. The van der Waals surface area contributed by atoms with Crippen molar-refractivity contribution in [3.8, 4) is 5.75 Å². The molecule has 0 amide bonds. The Morgan fingerprint density at radius 2 is 1.93 bits per heavy atom. The Balaban J connectivity index is 0.000000364. The molecule has 2 saturated heterocycles. The van der Waals surface area contributed by atoms with Crippen molar-refractivity contribution < 1.29 is 18.6 Å². The third-order valence-electron chi connectivity index (χ3n) is 4.47. The summed E-state index contributed by atoms with van der Waals surface area (Å²) in [6.07, 6.45) is 4.57. The summed E-state index contributed by atoms with van der Waals surface area (Å²) in [5.74, 6) is 0.883. The van der Waals surface area contributed by atoms with E-state index in [2.05, 4.69) is 9.97 Å². The fourth-order valence-corrected chi connectivity index (χ4v) is 4.04. The maximum atomic E-state index is 13.9. The summed E-state index contributed by atoms with van der Waals surface area (Å²) in [5, 5.41) is 0.484. The number of methoxy groups -OCH3 is 1. The van der Waals surface area contributed by atoms with Gasteiger partial charge in [0.1, 0.15) is 22.8 Å². The first-order valence-electron chi connectivity index (χ1n) is 9.21. The molecule has 1 aromatic heterocycles. The van der Waals surface area contributed by atoms with E-state index in [9.17, 15) is 9.18 Å². The molecule has 3 heterocycles. The van der Waals surface area contributed by atoms with Gasteiger partial charge in [-0.1, -0.05) is 0 Å². The number of aromatic amines is 1. The van der Waals surface area contributed by atoms with Crippen molar-refractivity contribution in [3.05, 3.63) is 34.1 Å². The van der Waals surface area contributed by atoms with Crippen molar-refractivity contribution in [2.24, 2.45) is 0 Å². The quantitative estimate of drug-likeness (QED) is 0.855. The molecule has 0 atom stereocenters. The first-order valence-corrected chi connectivity index (χ1v) is 10.3. The summed E-state index contributed by atoms with van der Waals surface area (Å²) in [7, 11) is 1.45. The van der Waals surface area contributed by atoms with Gasteiger partial charge in [-0.05, 0) is 25.7 Å². The molecule has 0 spiro atoms. The average Bonchev–Trinajstić information content (AvgIpc) is 3.26. The monoisotopic (exact) mass is 396 g/mol. The number of nitrogens with zero attached hydrogens (tertiary/aromatic N) is 1. The Morgan fingerprint density at radius 1 is 1.22 bits per heavy atom. The van der Waals surface area contributed by atoms with Crippen LogP contribution in [0.15, 0.2) is 16.9 Å². The van der Waals surface area contributed by atoms with Crippen LogP contribution >= 0.6 is 11.8 Å². The smallest absolute Gasteiger partial charge is 0.261 e. The van der Waals surface area contributed by atoms with E-state index in [4.69, 9.17) is 14.2 Å². The lowest BCUT2D eigenvalue weighted by molar-refractivity contribution is 0.1000. The third kappa shape index (κ3) is 5.67. The lowest BCUT2D eigenvalue weighted by Crippen LogP contribution is -2.18. The Kier molecular flexibility index (Phi) is 7.49. The molecular formula is C19H25FN2O4S. The summed E-state index contributed by atoms with van der Waals surface area (Å²) in [5.41, 5.74) is -0.129. The van der Waals surface area contributed by atoms with E-state index in [1.165, 1.54) is 26.0 Å². The Hall–Kier alpha value is -1.64. The van der Waals surface area contributed by atoms with E-state index in [1.807, 2.05) is 0 Å². The van der Waals surface area contributed by atoms with Gasteiger partial charge in [0.2, 0.25) is 0 Å². The second-order valence-corrected chi connectivity index (χ2v) is 7.75. The maximum Gasteiger partial charge on any atom is 0.261 e. The SMILES string of the molecule is C1CCOC1.COc1cc(F)c2c(=O)[nH]c(CSC3CCOCC3)nc2c1. The number of benzene rings is 1. The Bertz CT molecular complexity index is 797. The number of nitrogens with one attached hydrogen (secondary N) is 1. The topological polar surface area (TPSA) is 73.4 Å². The van der Waals surface area contributed by atoms with Crippen LogP contribution in [0.4, 0.5) is 4.39 Å². The van der Waals surface area contributed by atoms with Gasteiger partial charge in [-0.15, -0.1) is 0 Å². The van der Waals surface area contributed by atoms with Gasteiger partial charge in [0.25, 0.3) is 5.56 Å². The standard InChI is InChI=1S/C15H17FN2O3S.C4H8O/c1-20-9-6-11(16)14-12(7-9)17-13(18-15(14)19)8-22-10-2-4-21-5-3-10;1-2-4-5-3-1/h6-7,10H,2-5,8H2,1H3,(H,17,18,19);1-4H2. The number of halogens is 1. The zero-order valence-corrected chi connectivity index (χ0v) is 16.3. The van der Waals surface area contributed by atoms with Crippen LogP contribution < -0.4 is 10.3 Å². The molecule has 2 aromatic rings. The van der Waals surface area contributed by atoms with Gasteiger partial charge in [-0.2, -0.15) is 11.8 Å². The van der Waals surface area contributed by atoms with E-state index in [0.717, 1.165) is 39.3 Å². The van der Waals surface area contributed by atoms with Crippen molar-refractivity contribution in [1.29, 1.82) is 0 Å². The maximum absolute atomic E-state index is 13.9. The zero-order chi connectivity index (χ0) is 19.1.